The molecule has 0 saturated carbocycles. The van der Waals surface area contributed by atoms with Gasteiger partial charge < -0.3 is 9.72 Å². The van der Waals surface area contributed by atoms with Gasteiger partial charge in [0.1, 0.15) is 0 Å². The summed E-state index contributed by atoms with van der Waals surface area (Å²) in [6.45, 7) is 5.19. The summed E-state index contributed by atoms with van der Waals surface area (Å²) in [5.41, 5.74) is 3.72. The Bertz CT molecular complexity index is 508. The lowest BCUT2D eigenvalue weighted by Crippen LogP contribution is -2.38. The van der Waals surface area contributed by atoms with E-state index in [0.29, 0.717) is 0 Å². The SMILES string of the molecule is Cc1[nH]c2ccccc2c1C1(C)CCO1. The average Bonchev–Trinajstić information content (AvgIpc) is 2.51. The first kappa shape index (κ1) is 8.98. The minimum absolute atomic E-state index is 0.0658. The highest BCUT2D eigenvalue weighted by molar-refractivity contribution is 5.85. The van der Waals surface area contributed by atoms with Crippen molar-refractivity contribution in [1.29, 1.82) is 0 Å². The quantitative estimate of drug-likeness (QED) is 0.753. The number of H-pyrrole nitrogens is 1. The molecule has 2 nitrogen and oxygen atoms in total. The Hall–Kier alpha value is -1.28. The van der Waals surface area contributed by atoms with Gasteiger partial charge in [-0.3, -0.25) is 0 Å². The van der Waals surface area contributed by atoms with Gasteiger partial charge in [-0.2, -0.15) is 0 Å². The summed E-state index contributed by atoms with van der Waals surface area (Å²) in [5, 5.41) is 1.30. The standard InChI is InChI=1S/C13H15NO/c1-9-12(13(2)7-8-15-13)10-5-3-4-6-11(10)14-9/h3-6,14H,7-8H2,1-2H3. The molecule has 15 heavy (non-hydrogen) atoms. The van der Waals surface area contributed by atoms with Gasteiger partial charge in [0.15, 0.2) is 0 Å². The van der Waals surface area contributed by atoms with Crippen LogP contribution in [-0.4, -0.2) is 11.6 Å². The van der Waals surface area contributed by atoms with Crippen LogP contribution >= 0.6 is 0 Å². The lowest BCUT2D eigenvalue weighted by molar-refractivity contribution is -0.140. The number of fused-ring (bicyclic) bond motifs is 1. The zero-order chi connectivity index (χ0) is 10.5. The molecule has 1 aromatic carbocycles. The predicted molar refractivity (Wildman–Crippen MR) is 61.0 cm³/mol. The highest BCUT2D eigenvalue weighted by Crippen LogP contribution is 2.42. The van der Waals surface area contributed by atoms with Gasteiger partial charge in [0.05, 0.1) is 12.2 Å². The number of aromatic nitrogens is 1. The van der Waals surface area contributed by atoms with Gasteiger partial charge in [-0.1, -0.05) is 18.2 Å². The second-order valence-electron chi connectivity index (χ2n) is 4.50. The number of ether oxygens (including phenoxy) is 1. The molecule has 0 amide bonds. The van der Waals surface area contributed by atoms with E-state index in [4.69, 9.17) is 4.74 Å². The fourth-order valence-electron chi connectivity index (χ4n) is 2.56. The van der Waals surface area contributed by atoms with Crippen LogP contribution in [0.1, 0.15) is 24.6 Å². The summed E-state index contributed by atoms with van der Waals surface area (Å²) in [6.07, 6.45) is 1.12. The van der Waals surface area contributed by atoms with Crippen LogP contribution in [0.25, 0.3) is 10.9 Å². The summed E-state index contributed by atoms with van der Waals surface area (Å²) < 4.78 is 5.73. The van der Waals surface area contributed by atoms with E-state index < -0.39 is 0 Å². The zero-order valence-electron chi connectivity index (χ0n) is 9.13. The average molecular weight is 201 g/mol. The third-order valence-electron chi connectivity index (χ3n) is 3.42. The van der Waals surface area contributed by atoms with Crippen LogP contribution in [0.4, 0.5) is 0 Å². The normalized spacial score (nSPS) is 25.5. The number of nitrogens with one attached hydrogen (secondary N) is 1. The van der Waals surface area contributed by atoms with E-state index in [0.717, 1.165) is 13.0 Å². The molecule has 0 aliphatic carbocycles. The van der Waals surface area contributed by atoms with Crippen molar-refractivity contribution in [1.82, 2.24) is 4.98 Å². The third-order valence-corrected chi connectivity index (χ3v) is 3.42. The summed E-state index contributed by atoms with van der Waals surface area (Å²) in [7, 11) is 0. The van der Waals surface area contributed by atoms with Gasteiger partial charge in [0.2, 0.25) is 0 Å². The molecule has 1 aliphatic rings. The smallest absolute Gasteiger partial charge is 0.0948 e. The number of hydrogen-bond acceptors (Lipinski definition) is 1. The minimum atomic E-state index is -0.0658. The molecular formula is C13H15NO. The van der Waals surface area contributed by atoms with E-state index in [2.05, 4.69) is 43.1 Å². The maximum Gasteiger partial charge on any atom is 0.0948 e. The van der Waals surface area contributed by atoms with E-state index in [-0.39, 0.29) is 5.60 Å². The van der Waals surface area contributed by atoms with Gasteiger partial charge in [-0.25, -0.2) is 0 Å². The molecule has 1 atom stereocenters. The molecule has 3 rings (SSSR count). The fraction of sp³-hybridized carbons (Fsp3) is 0.385. The number of benzene rings is 1. The van der Waals surface area contributed by atoms with Gasteiger partial charge in [0, 0.05) is 28.6 Å². The Morgan fingerprint density at radius 3 is 2.73 bits per heavy atom. The van der Waals surface area contributed by atoms with E-state index in [1.807, 2.05) is 0 Å². The van der Waals surface area contributed by atoms with E-state index in [1.54, 1.807) is 0 Å². The van der Waals surface area contributed by atoms with Crippen molar-refractivity contribution in [3.05, 3.63) is 35.5 Å². The van der Waals surface area contributed by atoms with Crippen LogP contribution in [0.5, 0.6) is 0 Å². The number of aryl methyl sites for hydroxylation is 1. The Kier molecular flexibility index (Phi) is 1.71. The molecule has 2 heterocycles. The summed E-state index contributed by atoms with van der Waals surface area (Å²) in [6, 6.07) is 8.43. The Labute approximate surface area is 89.3 Å². The predicted octanol–water partition coefficient (Wildman–Crippen LogP) is 3.11. The molecule has 1 aromatic heterocycles. The Balaban J connectivity index is 2.29. The number of para-hydroxylation sites is 1. The van der Waals surface area contributed by atoms with Crippen LogP contribution in [0.15, 0.2) is 24.3 Å². The first-order valence-electron chi connectivity index (χ1n) is 5.42. The van der Waals surface area contributed by atoms with Crippen molar-refractivity contribution in [3.63, 3.8) is 0 Å². The Morgan fingerprint density at radius 1 is 1.33 bits per heavy atom. The first-order valence-corrected chi connectivity index (χ1v) is 5.42. The van der Waals surface area contributed by atoms with Crippen molar-refractivity contribution in [2.45, 2.75) is 25.9 Å². The van der Waals surface area contributed by atoms with Crippen molar-refractivity contribution in [2.75, 3.05) is 6.61 Å². The second kappa shape index (κ2) is 2.86. The second-order valence-corrected chi connectivity index (χ2v) is 4.50. The maximum atomic E-state index is 5.73. The van der Waals surface area contributed by atoms with Crippen molar-refractivity contribution >= 4 is 10.9 Å². The molecule has 1 aliphatic heterocycles. The van der Waals surface area contributed by atoms with Crippen LogP contribution in [0.3, 0.4) is 0 Å². The fourth-order valence-corrected chi connectivity index (χ4v) is 2.56. The minimum Gasteiger partial charge on any atom is -0.370 e. The van der Waals surface area contributed by atoms with Crippen LogP contribution in [0, 0.1) is 6.92 Å². The number of rotatable bonds is 1. The van der Waals surface area contributed by atoms with Crippen molar-refractivity contribution in [2.24, 2.45) is 0 Å². The summed E-state index contributed by atoms with van der Waals surface area (Å²) >= 11 is 0. The number of hydrogen-bond donors (Lipinski definition) is 1. The van der Waals surface area contributed by atoms with Gasteiger partial charge in [-0.05, 0) is 19.9 Å². The van der Waals surface area contributed by atoms with Gasteiger partial charge in [0.25, 0.3) is 0 Å². The van der Waals surface area contributed by atoms with Gasteiger partial charge in [-0.15, -0.1) is 0 Å². The molecule has 1 saturated heterocycles. The molecule has 2 aromatic rings. The molecule has 0 spiro atoms. The molecule has 1 unspecified atom stereocenters. The van der Waals surface area contributed by atoms with Gasteiger partial charge >= 0.3 is 0 Å². The molecule has 78 valence electrons. The molecule has 1 N–H and O–H groups in total. The van der Waals surface area contributed by atoms with Crippen molar-refractivity contribution < 1.29 is 4.74 Å². The van der Waals surface area contributed by atoms with E-state index >= 15 is 0 Å². The molecule has 2 heteroatoms. The molecule has 0 bridgehead atoms. The molecular weight excluding hydrogens is 186 g/mol. The highest BCUT2D eigenvalue weighted by atomic mass is 16.5. The van der Waals surface area contributed by atoms with Crippen LogP contribution in [-0.2, 0) is 10.3 Å². The number of aromatic amines is 1. The monoisotopic (exact) mass is 201 g/mol. The Morgan fingerprint density at radius 2 is 2.07 bits per heavy atom. The van der Waals surface area contributed by atoms with E-state index in [1.165, 1.54) is 22.2 Å². The van der Waals surface area contributed by atoms with E-state index in [9.17, 15) is 0 Å². The van der Waals surface area contributed by atoms with Crippen LogP contribution < -0.4 is 0 Å². The topological polar surface area (TPSA) is 25.0 Å². The summed E-state index contributed by atoms with van der Waals surface area (Å²) in [5.74, 6) is 0. The van der Waals surface area contributed by atoms with Crippen LogP contribution in [0.2, 0.25) is 0 Å². The zero-order valence-corrected chi connectivity index (χ0v) is 9.13. The molecule has 0 radical (unpaired) electrons. The summed E-state index contributed by atoms with van der Waals surface area (Å²) in [4.78, 5) is 3.42. The lowest BCUT2D eigenvalue weighted by Gasteiger charge is -2.39. The maximum absolute atomic E-state index is 5.73. The lowest BCUT2D eigenvalue weighted by atomic mass is 9.86. The largest absolute Gasteiger partial charge is 0.370 e. The van der Waals surface area contributed by atoms with Crippen molar-refractivity contribution in [3.8, 4) is 0 Å². The third kappa shape index (κ3) is 1.15. The highest BCUT2D eigenvalue weighted by Gasteiger charge is 2.38. The first-order chi connectivity index (χ1) is 7.21. The molecule has 1 fully saturated rings.